The molecule has 0 fully saturated rings. The molecule has 0 atom stereocenters. The van der Waals surface area contributed by atoms with Crippen LogP contribution in [-0.4, -0.2) is 41.1 Å². The molecule has 0 spiro atoms. The maximum absolute atomic E-state index is 5.07. The summed E-state index contributed by atoms with van der Waals surface area (Å²) in [5, 5.41) is 7.76. The minimum atomic E-state index is 0.924. The third kappa shape index (κ3) is 11.0. The summed E-state index contributed by atoms with van der Waals surface area (Å²) in [5.74, 6) is 0. The van der Waals surface area contributed by atoms with Gasteiger partial charge in [0.15, 0.2) is 0 Å². The van der Waals surface area contributed by atoms with Crippen molar-refractivity contribution in [1.82, 2.24) is 34.9 Å². The molecule has 18 aromatic rings. The molecule has 0 unspecified atom stereocenters. The quantitative estimate of drug-likeness (QED) is 0.133. The van der Waals surface area contributed by atoms with Gasteiger partial charge in [-0.2, -0.15) is 0 Å². The first-order valence-electron chi connectivity index (χ1n) is 33.1. The van der Waals surface area contributed by atoms with Crippen LogP contribution in [0.4, 0.5) is 5.69 Å². The highest BCUT2D eigenvalue weighted by Gasteiger charge is 2.19. The summed E-state index contributed by atoms with van der Waals surface area (Å²) < 4.78 is 0. The summed E-state index contributed by atoms with van der Waals surface area (Å²) in [6, 6.07) is 107. The van der Waals surface area contributed by atoms with E-state index in [1.54, 1.807) is 0 Å². The summed E-state index contributed by atoms with van der Waals surface area (Å²) in [5.41, 5.74) is 29.1. The second kappa shape index (κ2) is 24.7. The van der Waals surface area contributed by atoms with Crippen LogP contribution in [0.15, 0.2) is 327 Å². The number of pyridine rings is 7. The van der Waals surface area contributed by atoms with Gasteiger partial charge in [0, 0.05) is 84.8 Å². The van der Waals surface area contributed by atoms with E-state index in [1.807, 2.05) is 67.3 Å². The number of fused-ring (bicyclic) bond motifs is 10. The summed E-state index contributed by atoms with van der Waals surface area (Å²) in [6.07, 6.45) is 9.44. The topological polar surface area (TPSA) is 103 Å². The molecule has 458 valence electrons. The SMILES string of the molecule is C1=Nc2c(c(-c3ccc(-c4ccc5cc(-c6ccc7nc(-c8cccc(-c9ccccc9)c8)ccc7c6)ccc5n4)cc3)cc3cccnc23)CC1.c1ccc(-c2ccc3cc(-c4ccc5nc(-c6ccc(-c7cc8cccnc8c8ncccc78)cc6)ccc5c4)ccc3n2)cc1. The van der Waals surface area contributed by atoms with Crippen molar-refractivity contribution >= 4 is 88.2 Å². The minimum absolute atomic E-state index is 0.924. The largest absolute Gasteiger partial charge is 0.259 e. The lowest BCUT2D eigenvalue weighted by Crippen LogP contribution is -1.99. The Morgan fingerprint density at radius 1 is 0.235 bits per heavy atom. The molecule has 0 saturated carbocycles. The highest BCUT2D eigenvalue weighted by atomic mass is 14.8. The highest BCUT2D eigenvalue weighted by Crippen LogP contribution is 2.41. The van der Waals surface area contributed by atoms with Gasteiger partial charge in [0.25, 0.3) is 0 Å². The third-order valence-electron chi connectivity index (χ3n) is 18.9. The molecule has 0 radical (unpaired) electrons. The van der Waals surface area contributed by atoms with Crippen LogP contribution in [0.2, 0.25) is 0 Å². The molecule has 19 rings (SSSR count). The first kappa shape index (κ1) is 57.6. The Morgan fingerprint density at radius 3 is 1.15 bits per heavy atom. The van der Waals surface area contributed by atoms with Gasteiger partial charge in [0.05, 0.1) is 67.1 Å². The van der Waals surface area contributed by atoms with Gasteiger partial charge < -0.3 is 0 Å². The highest BCUT2D eigenvalue weighted by molar-refractivity contribution is 6.10. The number of benzene rings is 11. The van der Waals surface area contributed by atoms with Crippen molar-refractivity contribution in [3.8, 4) is 101 Å². The zero-order valence-electron chi connectivity index (χ0n) is 53.2. The van der Waals surface area contributed by atoms with Crippen LogP contribution in [0.3, 0.4) is 0 Å². The Bertz CT molecular complexity index is 6170. The van der Waals surface area contributed by atoms with E-state index in [-0.39, 0.29) is 0 Å². The number of hydrogen-bond acceptors (Lipinski definition) is 8. The Morgan fingerprint density at radius 2 is 0.622 bits per heavy atom. The fourth-order valence-electron chi connectivity index (χ4n) is 13.9. The number of aromatic nitrogens is 7. The van der Waals surface area contributed by atoms with Crippen LogP contribution >= 0.6 is 0 Å². The standard InChI is InChI=1S/C48H32N4.C42H26N4/c1-2-7-31(8-3-1)34-9-4-10-37(27-34)44-24-20-39-29-36(18-22-46(39)52-44)35-17-21-45-38(28-35)19-23-43(51-45)33-15-13-32(14-16-33)42-30-40-11-5-25-49-47(40)48-41(42)12-6-26-50-48;1-2-6-28(7-3-1)37-20-16-32-24-30(14-18-39(32)45-37)31-15-19-40-33(25-31)17-21-38(46-40)29-12-10-27(11-13-29)36-26-34-8-4-22-43-41(34)42-35(36)9-5-23-44-42/h1-5,7-11,13-30H,6,12H2;1-26H. The van der Waals surface area contributed by atoms with Gasteiger partial charge in [-0.15, -0.1) is 0 Å². The average molecular weight is 1250 g/mol. The van der Waals surface area contributed by atoms with E-state index in [9.17, 15) is 0 Å². The number of aliphatic imine (C=N–C) groups is 1. The molecule has 0 amide bonds. The Balaban J connectivity index is 0.000000143. The van der Waals surface area contributed by atoms with Crippen LogP contribution in [0.5, 0.6) is 0 Å². The molecule has 98 heavy (non-hydrogen) atoms. The molecule has 1 aliphatic rings. The summed E-state index contributed by atoms with van der Waals surface area (Å²) >= 11 is 0. The molecule has 7 aromatic heterocycles. The maximum Gasteiger partial charge on any atom is 0.0970 e. The van der Waals surface area contributed by atoms with Crippen LogP contribution in [0, 0.1) is 0 Å². The van der Waals surface area contributed by atoms with E-state index < -0.39 is 0 Å². The smallest absolute Gasteiger partial charge is 0.0970 e. The first-order valence-corrected chi connectivity index (χ1v) is 33.1. The molecule has 0 aliphatic carbocycles. The van der Waals surface area contributed by atoms with E-state index in [0.717, 1.165) is 173 Å². The molecule has 0 N–H and O–H groups in total. The lowest BCUT2D eigenvalue weighted by atomic mass is 9.91. The van der Waals surface area contributed by atoms with E-state index in [2.05, 4.69) is 276 Å². The summed E-state index contributed by atoms with van der Waals surface area (Å²) in [7, 11) is 0. The van der Waals surface area contributed by atoms with Crippen molar-refractivity contribution < 1.29 is 0 Å². The summed E-state index contributed by atoms with van der Waals surface area (Å²) in [6.45, 7) is 0. The van der Waals surface area contributed by atoms with Crippen LogP contribution in [-0.2, 0) is 6.42 Å². The second-order valence-corrected chi connectivity index (χ2v) is 25.0. The Hall–Kier alpha value is -13.0. The number of nitrogens with zero attached hydrogens (tertiary/aromatic N) is 8. The van der Waals surface area contributed by atoms with Gasteiger partial charge in [0.1, 0.15) is 0 Å². The Labute approximate surface area is 565 Å². The molecule has 0 saturated heterocycles. The van der Waals surface area contributed by atoms with Crippen molar-refractivity contribution in [2.24, 2.45) is 4.99 Å². The van der Waals surface area contributed by atoms with Crippen LogP contribution in [0.25, 0.3) is 177 Å². The van der Waals surface area contributed by atoms with Crippen molar-refractivity contribution in [1.29, 1.82) is 0 Å². The fourth-order valence-corrected chi connectivity index (χ4v) is 13.9. The van der Waals surface area contributed by atoms with Gasteiger partial charge in [0.2, 0.25) is 0 Å². The lowest BCUT2D eigenvalue weighted by molar-refractivity contribution is 1.03. The zero-order valence-corrected chi connectivity index (χ0v) is 53.2. The zero-order chi connectivity index (χ0) is 64.9. The molecule has 1 aliphatic heterocycles. The predicted molar refractivity (Wildman–Crippen MR) is 405 cm³/mol. The molecule has 0 bridgehead atoms. The fraction of sp³-hybridized carbons (Fsp3) is 0.0222. The average Bonchev–Trinajstić information content (AvgIpc) is 0.780. The van der Waals surface area contributed by atoms with E-state index in [4.69, 9.17) is 24.9 Å². The molecule has 11 aromatic carbocycles. The van der Waals surface area contributed by atoms with Crippen LogP contribution in [0.1, 0.15) is 12.0 Å². The molecule has 8 nitrogen and oxygen atoms in total. The van der Waals surface area contributed by atoms with E-state index >= 15 is 0 Å². The second-order valence-electron chi connectivity index (χ2n) is 25.0. The molecular weight excluding hydrogens is 1190 g/mol. The minimum Gasteiger partial charge on any atom is -0.259 e. The lowest BCUT2D eigenvalue weighted by Gasteiger charge is -2.17. The van der Waals surface area contributed by atoms with Gasteiger partial charge in [-0.3, -0.25) is 19.9 Å². The number of rotatable bonds is 9. The molecule has 8 heteroatoms. The van der Waals surface area contributed by atoms with Gasteiger partial charge in [-0.1, -0.05) is 194 Å². The monoisotopic (exact) mass is 1250 g/mol. The van der Waals surface area contributed by atoms with Crippen LogP contribution < -0.4 is 0 Å². The van der Waals surface area contributed by atoms with Gasteiger partial charge in [-0.05, 0) is 183 Å². The van der Waals surface area contributed by atoms with Gasteiger partial charge >= 0.3 is 0 Å². The normalized spacial score (nSPS) is 12.0. The maximum atomic E-state index is 5.07. The first-order chi connectivity index (χ1) is 48.5. The molecule has 8 heterocycles. The van der Waals surface area contributed by atoms with Gasteiger partial charge in [-0.25, -0.2) is 19.9 Å². The third-order valence-corrected chi connectivity index (χ3v) is 18.9. The predicted octanol–water partition coefficient (Wildman–Crippen LogP) is 22.9. The number of hydrogen-bond donors (Lipinski definition) is 0. The van der Waals surface area contributed by atoms with E-state index in [1.165, 1.54) is 27.8 Å². The molecular formula is C90H58N8. The summed E-state index contributed by atoms with van der Waals surface area (Å²) in [4.78, 5) is 38.7. The van der Waals surface area contributed by atoms with Crippen molar-refractivity contribution in [3.63, 3.8) is 0 Å². The van der Waals surface area contributed by atoms with Crippen molar-refractivity contribution in [3.05, 3.63) is 327 Å². The van der Waals surface area contributed by atoms with E-state index in [0.29, 0.717) is 0 Å². The Kier molecular flexibility index (Phi) is 14.5. The van der Waals surface area contributed by atoms with Crippen molar-refractivity contribution in [2.75, 3.05) is 0 Å². The van der Waals surface area contributed by atoms with Crippen molar-refractivity contribution in [2.45, 2.75) is 12.8 Å².